The van der Waals surface area contributed by atoms with Crippen LogP contribution in [0.3, 0.4) is 0 Å². The van der Waals surface area contributed by atoms with Crippen LogP contribution in [0.25, 0.3) is 0 Å². The first-order valence-corrected chi connectivity index (χ1v) is 14.5. The van der Waals surface area contributed by atoms with E-state index < -0.39 is 70.3 Å². The summed E-state index contributed by atoms with van der Waals surface area (Å²) in [5, 5.41) is 11.1. The molecule has 15 heteroatoms. The van der Waals surface area contributed by atoms with Crippen LogP contribution in [0.2, 0.25) is 0 Å². The smallest absolute Gasteiger partial charge is 0.460 e. The van der Waals surface area contributed by atoms with Crippen molar-refractivity contribution < 1.29 is 58.4 Å². The molecule has 1 heterocycles. The molecular formula is C26H33F6NO7S. The molecule has 3 rings (SSSR count). The molecule has 8 nitrogen and oxygen atoms in total. The van der Waals surface area contributed by atoms with Gasteiger partial charge in [0.25, 0.3) is 0 Å². The summed E-state index contributed by atoms with van der Waals surface area (Å²) in [6.07, 6.45) is -6.18. The van der Waals surface area contributed by atoms with Crippen molar-refractivity contribution in [1.82, 2.24) is 4.90 Å². The molecule has 0 bridgehead atoms. The maximum absolute atomic E-state index is 13.3. The lowest BCUT2D eigenvalue weighted by molar-refractivity contribution is -0.186. The Hall–Kier alpha value is -2.55. The van der Waals surface area contributed by atoms with Gasteiger partial charge in [-0.3, -0.25) is 4.79 Å². The van der Waals surface area contributed by atoms with Crippen LogP contribution in [0.5, 0.6) is 5.75 Å². The van der Waals surface area contributed by atoms with Crippen molar-refractivity contribution in [2.24, 2.45) is 17.8 Å². The second kappa shape index (κ2) is 11.6. The number of aliphatic hydroxyl groups is 1. The summed E-state index contributed by atoms with van der Waals surface area (Å²) in [7, 11) is -6.33. The Morgan fingerprint density at radius 3 is 2.17 bits per heavy atom. The first kappa shape index (κ1) is 33.0. The number of halogens is 6. The molecule has 0 saturated heterocycles. The first-order valence-electron chi connectivity index (χ1n) is 13.1. The van der Waals surface area contributed by atoms with Gasteiger partial charge in [0, 0.05) is 18.7 Å². The van der Waals surface area contributed by atoms with E-state index in [1.807, 2.05) is 20.8 Å². The predicted octanol–water partition coefficient (Wildman–Crippen LogP) is 5.02. The Bertz CT molecular complexity index is 1290. The van der Waals surface area contributed by atoms with Crippen LogP contribution in [0, 0.1) is 31.6 Å². The topological polar surface area (TPSA) is 110 Å². The van der Waals surface area contributed by atoms with Gasteiger partial charge in [0.15, 0.2) is 11.9 Å². The minimum absolute atomic E-state index is 0.0489. The van der Waals surface area contributed by atoms with Crippen molar-refractivity contribution in [3.05, 3.63) is 27.8 Å². The fourth-order valence-corrected chi connectivity index (χ4v) is 6.25. The lowest BCUT2D eigenvalue weighted by Crippen LogP contribution is -2.44. The number of esters is 1. The molecule has 1 amide bonds. The number of rotatable bonds is 6. The van der Waals surface area contributed by atoms with Crippen molar-refractivity contribution >= 4 is 22.0 Å². The average molecular weight is 618 g/mol. The van der Waals surface area contributed by atoms with Crippen molar-refractivity contribution in [2.45, 2.75) is 90.7 Å². The quantitative estimate of drug-likeness (QED) is 0.207. The lowest BCUT2D eigenvalue weighted by atomic mass is 9.75. The SMILES string of the molecule is Cc1c2c(c(C)c([C@H](O)C(=O)OC3CC(C)CCC3C(C)C)c1OS(=O)(=O)C(F)(F)F)CCN(C(=O)C(F)(F)F)C2. The Labute approximate surface area is 234 Å². The molecule has 0 aromatic heterocycles. The molecule has 0 spiro atoms. The molecule has 4 atom stereocenters. The zero-order valence-electron chi connectivity index (χ0n) is 23.1. The fourth-order valence-electron chi connectivity index (χ4n) is 5.72. The number of nitrogens with zero attached hydrogens (tertiary/aromatic N) is 1. The van der Waals surface area contributed by atoms with Gasteiger partial charge in [-0.1, -0.05) is 27.2 Å². The van der Waals surface area contributed by atoms with Crippen molar-refractivity contribution in [3.63, 3.8) is 0 Å². The van der Waals surface area contributed by atoms with Crippen molar-refractivity contribution in [1.29, 1.82) is 0 Å². The molecule has 0 radical (unpaired) electrons. The number of hydrogen-bond donors (Lipinski definition) is 1. The third-order valence-electron chi connectivity index (χ3n) is 7.97. The summed E-state index contributed by atoms with van der Waals surface area (Å²) in [5.41, 5.74) is -6.75. The molecular weight excluding hydrogens is 584 g/mol. The highest BCUT2D eigenvalue weighted by Gasteiger charge is 2.50. The maximum Gasteiger partial charge on any atom is 0.534 e. The number of hydrogen-bond acceptors (Lipinski definition) is 7. The Morgan fingerprint density at radius 1 is 1.02 bits per heavy atom. The molecule has 3 unspecified atom stereocenters. The van der Waals surface area contributed by atoms with Crippen LogP contribution < -0.4 is 4.18 Å². The fraction of sp³-hybridized carbons (Fsp3) is 0.692. The highest BCUT2D eigenvalue weighted by atomic mass is 32.2. The molecule has 1 N–H and O–H groups in total. The summed E-state index contributed by atoms with van der Waals surface area (Å²) < 4.78 is 113. The van der Waals surface area contributed by atoms with Crippen molar-refractivity contribution in [3.8, 4) is 5.75 Å². The average Bonchev–Trinajstić information content (AvgIpc) is 2.84. The summed E-state index contributed by atoms with van der Waals surface area (Å²) in [4.78, 5) is 25.5. The Kier molecular flexibility index (Phi) is 9.34. The van der Waals surface area contributed by atoms with Crippen molar-refractivity contribution in [2.75, 3.05) is 6.54 Å². The predicted molar refractivity (Wildman–Crippen MR) is 133 cm³/mol. The third kappa shape index (κ3) is 6.76. The van der Waals surface area contributed by atoms with E-state index in [9.17, 15) is 49.5 Å². The number of carbonyl (C=O) groups is 2. The third-order valence-corrected chi connectivity index (χ3v) is 8.92. The highest BCUT2D eigenvalue weighted by molar-refractivity contribution is 7.88. The van der Waals surface area contributed by atoms with Gasteiger partial charge in [0.1, 0.15) is 6.10 Å². The molecule has 1 aromatic carbocycles. The molecule has 232 valence electrons. The van der Waals surface area contributed by atoms with E-state index in [0.717, 1.165) is 19.8 Å². The van der Waals surface area contributed by atoms with Gasteiger partial charge in [-0.2, -0.15) is 34.8 Å². The van der Waals surface area contributed by atoms with E-state index in [0.29, 0.717) is 11.3 Å². The van der Waals surface area contributed by atoms with Gasteiger partial charge < -0.3 is 18.9 Å². The van der Waals surface area contributed by atoms with E-state index >= 15 is 0 Å². The summed E-state index contributed by atoms with van der Waals surface area (Å²) in [6.45, 7) is 7.08. The van der Waals surface area contributed by atoms with Crippen LogP contribution in [-0.2, 0) is 37.4 Å². The molecule has 1 saturated carbocycles. The number of ether oxygens (including phenoxy) is 1. The molecule has 1 aliphatic carbocycles. The molecule has 1 aliphatic heterocycles. The first-order chi connectivity index (χ1) is 18.7. The number of amides is 1. The standard InChI is InChI=1S/C26H33F6NO7S/c1-12(2)16-7-6-13(3)10-19(16)39-23(35)21(34)20-14(4)17-8-9-33(24(36)25(27,28)29)11-18(17)15(5)22(20)40-41(37,38)26(30,31)32/h12-13,16,19,21,34H,6-11H2,1-5H3/t13?,16?,19?,21-/m0/s1. The molecule has 1 aromatic rings. The van der Waals surface area contributed by atoms with E-state index in [1.165, 1.54) is 6.92 Å². The number of carbonyl (C=O) groups excluding carboxylic acids is 2. The van der Waals surface area contributed by atoms with E-state index in [2.05, 4.69) is 4.18 Å². The van der Waals surface area contributed by atoms with E-state index in [1.54, 1.807) is 0 Å². The summed E-state index contributed by atoms with van der Waals surface area (Å²) >= 11 is 0. The van der Waals surface area contributed by atoms with E-state index in [4.69, 9.17) is 4.74 Å². The molecule has 2 aliphatic rings. The zero-order chi connectivity index (χ0) is 31.2. The second-order valence-electron chi connectivity index (χ2n) is 11.1. The van der Waals surface area contributed by atoms with Gasteiger partial charge in [-0.15, -0.1) is 0 Å². The number of alkyl halides is 6. The van der Waals surface area contributed by atoms with Crippen LogP contribution in [-0.4, -0.2) is 54.6 Å². The van der Waals surface area contributed by atoms with Gasteiger partial charge in [0.05, 0.1) is 0 Å². The Balaban J connectivity index is 2.11. The minimum Gasteiger partial charge on any atom is -0.460 e. The van der Waals surface area contributed by atoms with Gasteiger partial charge >= 0.3 is 33.7 Å². The number of aliphatic hydroxyl groups excluding tert-OH is 1. The maximum atomic E-state index is 13.3. The number of fused-ring (bicyclic) bond motifs is 1. The van der Waals surface area contributed by atoms with Crippen LogP contribution in [0.1, 0.15) is 74.0 Å². The Morgan fingerprint density at radius 2 is 1.63 bits per heavy atom. The van der Waals surface area contributed by atoms with Crippen LogP contribution in [0.15, 0.2) is 0 Å². The highest BCUT2D eigenvalue weighted by Crippen LogP contribution is 2.43. The number of benzene rings is 1. The van der Waals surface area contributed by atoms with Gasteiger partial charge in [0.2, 0.25) is 0 Å². The summed E-state index contributed by atoms with van der Waals surface area (Å²) in [6, 6.07) is 0. The molecule has 1 fully saturated rings. The van der Waals surface area contributed by atoms with Gasteiger partial charge in [-0.05, 0) is 73.1 Å². The lowest BCUT2D eigenvalue weighted by Gasteiger charge is -2.37. The molecule has 41 heavy (non-hydrogen) atoms. The minimum atomic E-state index is -6.33. The summed E-state index contributed by atoms with van der Waals surface area (Å²) in [5.74, 6) is -4.20. The van der Waals surface area contributed by atoms with E-state index in [-0.39, 0.29) is 46.4 Å². The second-order valence-corrected chi connectivity index (χ2v) is 12.6. The van der Waals surface area contributed by atoms with Crippen LogP contribution in [0.4, 0.5) is 26.3 Å². The monoisotopic (exact) mass is 617 g/mol. The normalized spacial score (nSPS) is 22.8. The largest absolute Gasteiger partial charge is 0.534 e. The van der Waals surface area contributed by atoms with Gasteiger partial charge in [-0.25, -0.2) is 4.79 Å². The van der Waals surface area contributed by atoms with Crippen LogP contribution >= 0.6 is 0 Å². The zero-order valence-corrected chi connectivity index (χ0v) is 24.0.